The van der Waals surface area contributed by atoms with Crippen LogP contribution in [0.2, 0.25) is 0 Å². The number of rotatable bonds is 4. The minimum absolute atomic E-state index is 0.106. The van der Waals surface area contributed by atoms with Gasteiger partial charge in [0.1, 0.15) is 5.82 Å². The molecule has 1 fully saturated rings. The molecule has 1 aliphatic rings. The van der Waals surface area contributed by atoms with Crippen molar-refractivity contribution in [3.63, 3.8) is 0 Å². The van der Waals surface area contributed by atoms with E-state index in [0.717, 1.165) is 28.9 Å². The molecule has 1 unspecified atom stereocenters. The second-order valence-electron chi connectivity index (χ2n) is 6.11. The van der Waals surface area contributed by atoms with E-state index < -0.39 is 0 Å². The average Bonchev–Trinajstić information content (AvgIpc) is 2.63. The van der Waals surface area contributed by atoms with Gasteiger partial charge in [0, 0.05) is 34.5 Å². The molecule has 1 aromatic heterocycles. The van der Waals surface area contributed by atoms with E-state index >= 15 is 0 Å². The summed E-state index contributed by atoms with van der Waals surface area (Å²) >= 11 is 3.40. The summed E-state index contributed by atoms with van der Waals surface area (Å²) in [5.74, 6) is 0.802. The number of anilines is 2. The lowest BCUT2D eigenvalue weighted by atomic mass is 10.00. The highest BCUT2D eigenvalue weighted by molar-refractivity contribution is 9.10. The molecular weight excluding hydrogens is 366 g/mol. The number of hydrogen-bond acceptors (Lipinski definition) is 3. The second kappa shape index (κ2) is 7.79. The van der Waals surface area contributed by atoms with Gasteiger partial charge in [-0.15, -0.1) is 0 Å². The number of hydrogen-bond donors (Lipinski definition) is 1. The Morgan fingerprint density at radius 3 is 2.83 bits per heavy atom. The SMILES string of the molecule is CCC1CCCCN1c1cc(C(=O)Nc2ccc(Br)cc2)ccn1. The molecular formula is C19H22BrN3O. The highest BCUT2D eigenvalue weighted by Crippen LogP contribution is 2.25. The zero-order chi connectivity index (χ0) is 16.9. The number of nitrogens with zero attached hydrogens (tertiary/aromatic N) is 2. The van der Waals surface area contributed by atoms with Crippen LogP contribution in [0.1, 0.15) is 43.0 Å². The molecule has 1 aromatic carbocycles. The van der Waals surface area contributed by atoms with Crippen molar-refractivity contribution in [2.75, 3.05) is 16.8 Å². The fraction of sp³-hybridized carbons (Fsp3) is 0.368. The molecule has 0 saturated carbocycles. The summed E-state index contributed by atoms with van der Waals surface area (Å²) in [6.45, 7) is 3.23. The lowest BCUT2D eigenvalue weighted by molar-refractivity contribution is 0.102. The largest absolute Gasteiger partial charge is 0.354 e. The van der Waals surface area contributed by atoms with Crippen LogP contribution in [-0.2, 0) is 0 Å². The molecule has 1 saturated heterocycles. The van der Waals surface area contributed by atoms with Gasteiger partial charge in [0.2, 0.25) is 0 Å². The first-order valence-corrected chi connectivity index (χ1v) is 9.26. The molecule has 1 N–H and O–H groups in total. The fourth-order valence-corrected chi connectivity index (χ4v) is 3.44. The Morgan fingerprint density at radius 1 is 1.29 bits per heavy atom. The lowest BCUT2D eigenvalue weighted by Gasteiger charge is -2.36. The molecule has 3 rings (SSSR count). The predicted molar refractivity (Wildman–Crippen MR) is 102 cm³/mol. The first kappa shape index (κ1) is 17.0. The van der Waals surface area contributed by atoms with Gasteiger partial charge >= 0.3 is 0 Å². The van der Waals surface area contributed by atoms with Crippen LogP contribution >= 0.6 is 15.9 Å². The number of carbonyl (C=O) groups excluding carboxylic acids is 1. The topological polar surface area (TPSA) is 45.2 Å². The van der Waals surface area contributed by atoms with Gasteiger partial charge in [-0.05, 0) is 62.1 Å². The van der Waals surface area contributed by atoms with Crippen LogP contribution in [-0.4, -0.2) is 23.5 Å². The third-order valence-corrected chi connectivity index (χ3v) is 5.03. The van der Waals surface area contributed by atoms with E-state index in [2.05, 4.69) is 38.1 Å². The van der Waals surface area contributed by atoms with Crippen LogP contribution in [0, 0.1) is 0 Å². The van der Waals surface area contributed by atoms with Gasteiger partial charge in [-0.25, -0.2) is 4.98 Å². The highest BCUT2D eigenvalue weighted by atomic mass is 79.9. The minimum Gasteiger partial charge on any atom is -0.354 e. The lowest BCUT2D eigenvalue weighted by Crippen LogP contribution is -2.39. The van der Waals surface area contributed by atoms with E-state index in [-0.39, 0.29) is 5.91 Å². The Hall–Kier alpha value is -1.88. The maximum Gasteiger partial charge on any atom is 0.255 e. The average molecular weight is 388 g/mol. The van der Waals surface area contributed by atoms with E-state index in [1.165, 1.54) is 19.3 Å². The van der Waals surface area contributed by atoms with Crippen molar-refractivity contribution >= 4 is 33.3 Å². The number of halogens is 1. The number of amides is 1. The quantitative estimate of drug-likeness (QED) is 0.813. The summed E-state index contributed by atoms with van der Waals surface area (Å²) in [7, 11) is 0. The minimum atomic E-state index is -0.106. The normalized spacial score (nSPS) is 17.6. The van der Waals surface area contributed by atoms with Crippen molar-refractivity contribution in [2.24, 2.45) is 0 Å². The Labute approximate surface area is 151 Å². The van der Waals surface area contributed by atoms with Crippen LogP contribution < -0.4 is 10.2 Å². The van der Waals surface area contributed by atoms with E-state index in [0.29, 0.717) is 11.6 Å². The summed E-state index contributed by atoms with van der Waals surface area (Å²) in [6.07, 6.45) is 6.50. The van der Waals surface area contributed by atoms with Gasteiger partial charge in [-0.2, -0.15) is 0 Å². The molecule has 24 heavy (non-hydrogen) atoms. The van der Waals surface area contributed by atoms with Crippen LogP contribution in [0.15, 0.2) is 47.1 Å². The predicted octanol–water partition coefficient (Wildman–Crippen LogP) is 4.87. The molecule has 0 bridgehead atoms. The van der Waals surface area contributed by atoms with E-state index in [9.17, 15) is 4.79 Å². The molecule has 2 heterocycles. The number of nitrogens with one attached hydrogen (secondary N) is 1. The molecule has 1 atom stereocenters. The van der Waals surface area contributed by atoms with Crippen molar-refractivity contribution in [1.29, 1.82) is 0 Å². The third kappa shape index (κ3) is 3.96. The van der Waals surface area contributed by atoms with Crippen LogP contribution in [0.5, 0.6) is 0 Å². The van der Waals surface area contributed by atoms with Gasteiger partial charge in [-0.1, -0.05) is 22.9 Å². The van der Waals surface area contributed by atoms with Crippen molar-refractivity contribution in [3.05, 3.63) is 52.6 Å². The number of carbonyl (C=O) groups is 1. The summed E-state index contributed by atoms with van der Waals surface area (Å²) in [5.41, 5.74) is 1.43. The maximum atomic E-state index is 12.5. The number of pyridine rings is 1. The summed E-state index contributed by atoms with van der Waals surface area (Å²) in [6, 6.07) is 11.8. The second-order valence-corrected chi connectivity index (χ2v) is 7.03. The van der Waals surface area contributed by atoms with Gasteiger partial charge in [0.15, 0.2) is 0 Å². The molecule has 0 spiro atoms. The van der Waals surface area contributed by atoms with Gasteiger partial charge in [0.05, 0.1) is 0 Å². The highest BCUT2D eigenvalue weighted by Gasteiger charge is 2.22. The van der Waals surface area contributed by atoms with Gasteiger partial charge < -0.3 is 10.2 Å². The fourth-order valence-electron chi connectivity index (χ4n) is 3.18. The smallest absolute Gasteiger partial charge is 0.255 e. The number of piperidine rings is 1. The molecule has 2 aromatic rings. The van der Waals surface area contributed by atoms with Crippen LogP contribution in [0.25, 0.3) is 0 Å². The Morgan fingerprint density at radius 2 is 2.08 bits per heavy atom. The zero-order valence-electron chi connectivity index (χ0n) is 13.8. The summed E-state index contributed by atoms with van der Waals surface area (Å²) in [4.78, 5) is 19.4. The van der Waals surface area contributed by atoms with Crippen LogP contribution in [0.4, 0.5) is 11.5 Å². The standard InChI is InChI=1S/C19H22BrN3O/c1-2-17-5-3-4-12-23(17)18-13-14(10-11-21-18)19(24)22-16-8-6-15(20)7-9-16/h6-11,13,17H,2-5,12H2,1H3,(H,22,24). The molecule has 1 aliphatic heterocycles. The summed E-state index contributed by atoms with van der Waals surface area (Å²) < 4.78 is 0.988. The molecule has 1 amide bonds. The Kier molecular flexibility index (Phi) is 5.51. The number of aromatic nitrogens is 1. The van der Waals surface area contributed by atoms with Crippen LogP contribution in [0.3, 0.4) is 0 Å². The third-order valence-electron chi connectivity index (χ3n) is 4.50. The molecule has 126 valence electrons. The molecule has 5 heteroatoms. The zero-order valence-corrected chi connectivity index (χ0v) is 15.4. The molecule has 4 nitrogen and oxygen atoms in total. The van der Waals surface area contributed by atoms with E-state index in [1.807, 2.05) is 30.3 Å². The number of benzene rings is 1. The monoisotopic (exact) mass is 387 g/mol. The first-order chi connectivity index (χ1) is 11.7. The van der Waals surface area contributed by atoms with Crippen molar-refractivity contribution in [2.45, 2.75) is 38.6 Å². The van der Waals surface area contributed by atoms with E-state index in [1.54, 1.807) is 12.3 Å². The Balaban J connectivity index is 1.76. The van der Waals surface area contributed by atoms with Gasteiger partial charge in [0.25, 0.3) is 5.91 Å². The van der Waals surface area contributed by atoms with Gasteiger partial charge in [-0.3, -0.25) is 4.79 Å². The Bertz CT molecular complexity index is 702. The van der Waals surface area contributed by atoms with Crippen molar-refractivity contribution in [3.8, 4) is 0 Å². The maximum absolute atomic E-state index is 12.5. The molecule has 0 aliphatic carbocycles. The molecule has 0 radical (unpaired) electrons. The summed E-state index contributed by atoms with van der Waals surface area (Å²) in [5, 5.41) is 2.93. The van der Waals surface area contributed by atoms with E-state index in [4.69, 9.17) is 0 Å². The first-order valence-electron chi connectivity index (χ1n) is 8.47. The van der Waals surface area contributed by atoms with Crippen molar-refractivity contribution < 1.29 is 4.79 Å². The van der Waals surface area contributed by atoms with Crippen molar-refractivity contribution in [1.82, 2.24) is 4.98 Å².